The molecule has 35 heavy (non-hydrogen) atoms. The average Bonchev–Trinajstić information content (AvgIpc) is 2.81. The van der Waals surface area contributed by atoms with Crippen LogP contribution in [0.15, 0.2) is 69.7 Å². The lowest BCUT2D eigenvalue weighted by molar-refractivity contribution is -0.114. The lowest BCUT2D eigenvalue weighted by Crippen LogP contribution is -2.30. The molecule has 0 saturated heterocycles. The van der Waals surface area contributed by atoms with E-state index in [4.69, 9.17) is 11.6 Å². The van der Waals surface area contributed by atoms with Gasteiger partial charge in [-0.05, 0) is 73.2 Å². The number of hydrogen-bond acceptors (Lipinski definition) is 5. The van der Waals surface area contributed by atoms with Crippen LogP contribution in [0.4, 0.5) is 4.39 Å². The Morgan fingerprint density at radius 3 is 2.63 bits per heavy atom. The molecule has 0 atom stereocenters. The molecule has 0 fully saturated rings. The van der Waals surface area contributed by atoms with E-state index in [-0.39, 0.29) is 40.4 Å². The van der Waals surface area contributed by atoms with E-state index < -0.39 is 15.8 Å². The first kappa shape index (κ1) is 26.6. The summed E-state index contributed by atoms with van der Waals surface area (Å²) in [5.74, 6) is -0.899. The van der Waals surface area contributed by atoms with Gasteiger partial charge in [0.2, 0.25) is 10.0 Å². The molecule has 0 bridgehead atoms. The Bertz CT molecular complexity index is 1320. The summed E-state index contributed by atoms with van der Waals surface area (Å²) in [7, 11) is -3.92. The average molecular weight is 520 g/mol. The molecule has 0 radical (unpaired) electrons. The highest BCUT2D eigenvalue weighted by molar-refractivity contribution is 7.89. The first-order chi connectivity index (χ1) is 16.6. The Labute approximate surface area is 209 Å². The largest absolute Gasteiger partial charge is 0.508 e. The SMILES string of the molecule is CCc1ccc(CNC(=O)C2=NC=C(CNS(=O)(=O)c3ccc(F)c(Cl)c3)CCC(C)=C2)cc1O. The van der Waals surface area contributed by atoms with Crippen molar-refractivity contribution in [2.75, 3.05) is 6.54 Å². The Morgan fingerprint density at radius 2 is 1.94 bits per heavy atom. The van der Waals surface area contributed by atoms with Crippen LogP contribution in [0.25, 0.3) is 0 Å². The zero-order valence-electron chi connectivity index (χ0n) is 19.4. The van der Waals surface area contributed by atoms with Crippen LogP contribution in [-0.2, 0) is 27.8 Å². The number of carbonyl (C=O) groups is 1. The Kier molecular flexibility index (Phi) is 8.82. The normalized spacial score (nSPS) is 14.3. The number of aliphatic imine (C=N–C) groups is 1. The van der Waals surface area contributed by atoms with Crippen LogP contribution in [-0.4, -0.2) is 31.7 Å². The molecule has 10 heteroatoms. The summed E-state index contributed by atoms with van der Waals surface area (Å²) in [6.07, 6.45) is 5.07. The summed E-state index contributed by atoms with van der Waals surface area (Å²) in [4.78, 5) is 16.9. The number of halogens is 2. The number of rotatable bonds is 8. The van der Waals surface area contributed by atoms with Gasteiger partial charge in [0.25, 0.3) is 5.91 Å². The number of nitrogens with zero attached hydrogens (tertiary/aromatic N) is 1. The third-order valence-electron chi connectivity index (χ3n) is 5.52. The second-order valence-electron chi connectivity index (χ2n) is 8.19. The van der Waals surface area contributed by atoms with Crippen molar-refractivity contribution in [2.24, 2.45) is 4.99 Å². The fourth-order valence-corrected chi connectivity index (χ4v) is 4.70. The fraction of sp³-hybridized carbons (Fsp3) is 0.280. The molecule has 1 aliphatic heterocycles. The highest BCUT2D eigenvalue weighted by atomic mass is 35.5. The Morgan fingerprint density at radius 1 is 1.17 bits per heavy atom. The number of allylic oxidation sites excluding steroid dienone is 1. The van der Waals surface area contributed by atoms with Crippen LogP contribution in [0.5, 0.6) is 5.75 Å². The van der Waals surface area contributed by atoms with Crippen molar-refractivity contribution < 1.29 is 22.7 Å². The first-order valence-electron chi connectivity index (χ1n) is 11.1. The lowest BCUT2D eigenvalue weighted by Gasteiger charge is -2.13. The van der Waals surface area contributed by atoms with Gasteiger partial charge in [-0.1, -0.05) is 36.2 Å². The van der Waals surface area contributed by atoms with Crippen LogP contribution in [0.3, 0.4) is 0 Å². The second-order valence-corrected chi connectivity index (χ2v) is 10.4. The van der Waals surface area contributed by atoms with Gasteiger partial charge in [-0.25, -0.2) is 17.5 Å². The van der Waals surface area contributed by atoms with Gasteiger partial charge in [-0.2, -0.15) is 0 Å². The van der Waals surface area contributed by atoms with Gasteiger partial charge in [0.05, 0.1) is 9.92 Å². The monoisotopic (exact) mass is 519 g/mol. The summed E-state index contributed by atoms with van der Waals surface area (Å²) in [6, 6.07) is 8.48. The number of phenolic OH excluding ortho intramolecular Hbond substituents is 1. The van der Waals surface area contributed by atoms with Crippen molar-refractivity contribution in [3.63, 3.8) is 0 Å². The smallest absolute Gasteiger partial charge is 0.270 e. The molecule has 2 aromatic carbocycles. The molecule has 0 aromatic heterocycles. The van der Waals surface area contributed by atoms with Crippen LogP contribution in [0.1, 0.15) is 37.8 Å². The van der Waals surface area contributed by atoms with E-state index >= 15 is 0 Å². The number of hydrogen-bond donors (Lipinski definition) is 3. The molecule has 1 amide bonds. The highest BCUT2D eigenvalue weighted by Crippen LogP contribution is 2.21. The molecule has 3 N–H and O–H groups in total. The summed E-state index contributed by atoms with van der Waals surface area (Å²) in [5.41, 5.74) is 3.38. The van der Waals surface area contributed by atoms with Gasteiger partial charge in [0, 0.05) is 19.3 Å². The summed E-state index contributed by atoms with van der Waals surface area (Å²) >= 11 is 5.70. The predicted octanol–water partition coefficient (Wildman–Crippen LogP) is 4.41. The van der Waals surface area contributed by atoms with E-state index in [1.807, 2.05) is 26.0 Å². The molecule has 1 heterocycles. The van der Waals surface area contributed by atoms with E-state index in [1.165, 1.54) is 6.20 Å². The quantitative estimate of drug-likeness (QED) is 0.480. The zero-order valence-corrected chi connectivity index (χ0v) is 21.0. The van der Waals surface area contributed by atoms with E-state index in [9.17, 15) is 22.7 Å². The van der Waals surface area contributed by atoms with E-state index in [2.05, 4.69) is 15.0 Å². The number of benzene rings is 2. The van der Waals surface area contributed by atoms with Crippen molar-refractivity contribution >= 4 is 33.2 Å². The van der Waals surface area contributed by atoms with Crippen LogP contribution < -0.4 is 10.0 Å². The van der Waals surface area contributed by atoms with Crippen LogP contribution in [0.2, 0.25) is 5.02 Å². The number of aromatic hydroxyl groups is 1. The van der Waals surface area contributed by atoms with Crippen molar-refractivity contribution in [3.8, 4) is 5.75 Å². The minimum absolute atomic E-state index is 0.0218. The molecule has 0 saturated carbocycles. The molecular weight excluding hydrogens is 493 g/mol. The topological polar surface area (TPSA) is 108 Å². The van der Waals surface area contributed by atoms with E-state index in [0.29, 0.717) is 24.8 Å². The van der Waals surface area contributed by atoms with Crippen molar-refractivity contribution in [2.45, 2.75) is 44.6 Å². The zero-order chi connectivity index (χ0) is 25.6. The van der Waals surface area contributed by atoms with Crippen LogP contribution >= 0.6 is 11.6 Å². The Hall–Kier alpha value is -3.01. The van der Waals surface area contributed by atoms with Gasteiger partial charge in [-0.15, -0.1) is 0 Å². The molecule has 186 valence electrons. The number of aryl methyl sites for hydroxylation is 1. The number of carbonyl (C=O) groups excluding carboxylic acids is 1. The van der Waals surface area contributed by atoms with E-state index in [1.54, 1.807) is 12.1 Å². The van der Waals surface area contributed by atoms with Gasteiger partial charge in [0.1, 0.15) is 17.3 Å². The third-order valence-corrected chi connectivity index (χ3v) is 7.21. The first-order valence-corrected chi connectivity index (χ1v) is 12.9. The lowest BCUT2D eigenvalue weighted by atomic mass is 10.0. The number of nitrogens with one attached hydrogen (secondary N) is 2. The standard InChI is InChI=1S/C25H27ClFN3O4S/c1-3-19-7-6-17(11-24(19)31)13-29-25(32)23-10-16(2)4-5-18(14-28-23)15-30-35(33,34)20-8-9-22(27)21(26)12-20/h6-12,14,30-31H,3-5,13,15H2,1-2H3,(H,29,32). The summed E-state index contributed by atoms with van der Waals surface area (Å²) in [6.45, 7) is 4.02. The van der Waals surface area contributed by atoms with Crippen molar-refractivity contribution in [1.82, 2.24) is 10.0 Å². The maximum Gasteiger partial charge on any atom is 0.270 e. The van der Waals surface area contributed by atoms with Crippen molar-refractivity contribution in [3.05, 3.63) is 81.8 Å². The maximum atomic E-state index is 13.4. The van der Waals surface area contributed by atoms with Crippen molar-refractivity contribution in [1.29, 1.82) is 0 Å². The number of sulfonamides is 1. The molecule has 3 rings (SSSR count). The molecular formula is C25H27ClFN3O4S. The molecule has 0 aliphatic carbocycles. The van der Waals surface area contributed by atoms with Gasteiger partial charge in [0.15, 0.2) is 0 Å². The Balaban J connectivity index is 1.69. The molecule has 2 aromatic rings. The summed E-state index contributed by atoms with van der Waals surface area (Å²) < 4.78 is 41.0. The minimum atomic E-state index is -3.92. The summed E-state index contributed by atoms with van der Waals surface area (Å²) in [5, 5.41) is 12.5. The van der Waals surface area contributed by atoms with E-state index in [0.717, 1.165) is 34.9 Å². The molecule has 1 aliphatic rings. The molecule has 0 unspecified atom stereocenters. The fourth-order valence-electron chi connectivity index (χ4n) is 3.39. The predicted molar refractivity (Wildman–Crippen MR) is 134 cm³/mol. The number of phenols is 1. The number of amides is 1. The molecule has 7 nitrogen and oxygen atoms in total. The van der Waals surface area contributed by atoms with Gasteiger partial charge < -0.3 is 10.4 Å². The van der Waals surface area contributed by atoms with Gasteiger partial charge >= 0.3 is 0 Å². The van der Waals surface area contributed by atoms with Crippen LogP contribution in [0, 0.1) is 5.82 Å². The minimum Gasteiger partial charge on any atom is -0.508 e. The molecule has 0 spiro atoms. The third kappa shape index (κ3) is 7.24. The highest BCUT2D eigenvalue weighted by Gasteiger charge is 2.17. The maximum absolute atomic E-state index is 13.4. The van der Waals surface area contributed by atoms with Gasteiger partial charge in [-0.3, -0.25) is 9.79 Å². The second kappa shape index (κ2) is 11.6.